The van der Waals surface area contributed by atoms with Gasteiger partial charge < -0.3 is 26.1 Å². The smallest absolute Gasteiger partial charge is 0.306 e. The second-order valence-electron chi connectivity index (χ2n) is 7.63. The van der Waals surface area contributed by atoms with Gasteiger partial charge in [0.2, 0.25) is 0 Å². The van der Waals surface area contributed by atoms with Gasteiger partial charge in [-0.3, -0.25) is 14.6 Å². The number of H-pyrrole nitrogens is 1. The molecule has 0 saturated carbocycles. The number of hydrogen-bond acceptors (Lipinski definition) is 5. The van der Waals surface area contributed by atoms with Crippen LogP contribution in [0.25, 0.3) is 10.9 Å². The number of nitrogens with one attached hydrogen (secondary N) is 3. The Labute approximate surface area is 206 Å². The summed E-state index contributed by atoms with van der Waals surface area (Å²) in [4.78, 5) is 32.2. The first kappa shape index (κ1) is 26.1. The molecule has 0 spiro atoms. The van der Waals surface area contributed by atoms with Crippen molar-refractivity contribution in [3.63, 3.8) is 0 Å². The molecule has 0 fully saturated rings. The van der Waals surface area contributed by atoms with Gasteiger partial charge in [0, 0.05) is 42.0 Å². The van der Waals surface area contributed by atoms with E-state index >= 15 is 0 Å². The summed E-state index contributed by atoms with van der Waals surface area (Å²) in [7, 11) is 0. The van der Waals surface area contributed by atoms with Crippen LogP contribution in [0.15, 0.2) is 83.6 Å². The summed E-state index contributed by atoms with van der Waals surface area (Å²) < 4.78 is 33.7. The number of hydrogen-bond donors (Lipinski definition) is 4. The van der Waals surface area contributed by atoms with E-state index in [-0.39, 0.29) is 19.0 Å². The Morgan fingerprint density at radius 2 is 1.86 bits per heavy atom. The highest BCUT2D eigenvalue weighted by atomic mass is 19.3. The fraction of sp³-hybridized carbons (Fsp3) is 0.192. The largest absolute Gasteiger partial charge is 0.494 e. The van der Waals surface area contributed by atoms with Crippen molar-refractivity contribution < 1.29 is 23.1 Å². The Hall–Kier alpha value is -4.47. The van der Waals surface area contributed by atoms with Crippen LogP contribution in [0.2, 0.25) is 0 Å². The van der Waals surface area contributed by atoms with Crippen LogP contribution < -0.4 is 21.1 Å². The Morgan fingerprint density at radius 3 is 2.56 bits per heavy atom. The Bertz CT molecular complexity index is 1300. The normalized spacial score (nSPS) is 12.3. The molecule has 5 N–H and O–H groups in total. The quantitative estimate of drug-likeness (QED) is 0.140. The summed E-state index contributed by atoms with van der Waals surface area (Å²) in [5, 5.41) is 5.99. The third-order valence-corrected chi connectivity index (χ3v) is 5.15. The predicted molar refractivity (Wildman–Crippen MR) is 136 cm³/mol. The number of aromatic nitrogens is 1. The zero-order chi connectivity index (χ0) is 26.1. The number of amides is 2. The number of aliphatic imine (C=N–C) groups is 1. The van der Waals surface area contributed by atoms with Crippen molar-refractivity contribution in [3.05, 3.63) is 84.2 Å². The number of aromatic amines is 1. The van der Waals surface area contributed by atoms with Gasteiger partial charge in [-0.2, -0.15) is 8.78 Å². The van der Waals surface area contributed by atoms with E-state index in [0.29, 0.717) is 29.7 Å². The standard InChI is InChI=1S/C26H27F2N5O3/c1-3-26(27,28)23(29)21(16-33-19-7-10-22-18(15-19)11-12-30-22)25(35)32-14-13-31-24(34)17-5-8-20(9-6-17)36-4-2/h3,5-12,15-16,30H,1,4,13-14,29H2,2H3,(H,31,34)(H,32,35). The lowest BCUT2D eigenvalue weighted by atomic mass is 10.1. The zero-order valence-corrected chi connectivity index (χ0v) is 19.7. The van der Waals surface area contributed by atoms with E-state index in [1.807, 2.05) is 13.0 Å². The fourth-order valence-corrected chi connectivity index (χ4v) is 3.22. The van der Waals surface area contributed by atoms with Gasteiger partial charge in [0.1, 0.15) is 5.75 Å². The van der Waals surface area contributed by atoms with Crippen LogP contribution in [0, 0.1) is 0 Å². The van der Waals surface area contributed by atoms with Gasteiger partial charge in [0.15, 0.2) is 0 Å². The maximum Gasteiger partial charge on any atom is 0.306 e. The summed E-state index contributed by atoms with van der Waals surface area (Å²) in [6.07, 6.45) is 3.11. The monoisotopic (exact) mass is 495 g/mol. The van der Waals surface area contributed by atoms with Gasteiger partial charge in [-0.05, 0) is 61.5 Å². The average molecular weight is 496 g/mol. The number of allylic oxidation sites excluding steroid dienone is 1. The number of rotatable bonds is 11. The number of alkyl halides is 2. The molecule has 10 heteroatoms. The molecular weight excluding hydrogens is 468 g/mol. The molecule has 8 nitrogen and oxygen atoms in total. The second-order valence-corrected chi connectivity index (χ2v) is 7.63. The highest BCUT2D eigenvalue weighted by Crippen LogP contribution is 2.25. The van der Waals surface area contributed by atoms with Crippen molar-refractivity contribution in [2.24, 2.45) is 10.7 Å². The van der Waals surface area contributed by atoms with E-state index in [0.717, 1.165) is 17.1 Å². The van der Waals surface area contributed by atoms with Gasteiger partial charge in [0.05, 0.1) is 23.6 Å². The van der Waals surface area contributed by atoms with E-state index in [4.69, 9.17) is 10.5 Å². The van der Waals surface area contributed by atoms with E-state index in [1.165, 1.54) is 0 Å². The number of carbonyl (C=O) groups excluding carboxylic acids is 2. The Balaban J connectivity index is 1.65. The van der Waals surface area contributed by atoms with Crippen LogP contribution in [-0.2, 0) is 4.79 Å². The van der Waals surface area contributed by atoms with Gasteiger partial charge in [-0.15, -0.1) is 0 Å². The minimum absolute atomic E-state index is 0.0266. The third kappa shape index (κ3) is 6.56. The molecule has 0 saturated heterocycles. The molecule has 188 valence electrons. The number of ether oxygens (including phenoxy) is 1. The molecule has 0 aliphatic carbocycles. The molecule has 0 atom stereocenters. The van der Waals surface area contributed by atoms with Gasteiger partial charge in [-0.25, -0.2) is 0 Å². The number of nitrogens with zero attached hydrogens (tertiary/aromatic N) is 1. The average Bonchev–Trinajstić information content (AvgIpc) is 3.35. The first-order valence-corrected chi connectivity index (χ1v) is 11.2. The molecular formula is C26H27F2N5O3. The lowest BCUT2D eigenvalue weighted by Crippen LogP contribution is -2.37. The highest BCUT2D eigenvalue weighted by Gasteiger charge is 2.32. The molecule has 2 aromatic carbocycles. The molecule has 0 aliphatic rings. The van der Waals surface area contributed by atoms with Crippen molar-refractivity contribution >= 4 is 34.6 Å². The maximum atomic E-state index is 14.2. The molecule has 2 amide bonds. The van der Waals surface area contributed by atoms with Crippen LogP contribution in [0.3, 0.4) is 0 Å². The highest BCUT2D eigenvalue weighted by molar-refractivity contribution is 6.13. The number of nitrogens with two attached hydrogens (primary N) is 1. The molecule has 36 heavy (non-hydrogen) atoms. The molecule has 0 unspecified atom stereocenters. The van der Waals surface area contributed by atoms with Crippen molar-refractivity contribution in [2.45, 2.75) is 12.8 Å². The molecule has 1 aromatic heterocycles. The summed E-state index contributed by atoms with van der Waals surface area (Å²) >= 11 is 0. The SMILES string of the molecule is C=CC(F)(F)C(N)=C(C=Nc1ccc2[nH]ccc2c1)C(=O)NCCNC(=O)c1ccc(OCC)cc1. The molecule has 3 rings (SSSR count). The summed E-state index contributed by atoms with van der Waals surface area (Å²) in [5.74, 6) is -4.20. The van der Waals surface area contributed by atoms with E-state index in [9.17, 15) is 18.4 Å². The zero-order valence-electron chi connectivity index (χ0n) is 19.7. The van der Waals surface area contributed by atoms with Gasteiger partial charge in [0.25, 0.3) is 11.8 Å². The predicted octanol–water partition coefficient (Wildman–Crippen LogP) is 3.85. The lowest BCUT2D eigenvalue weighted by molar-refractivity contribution is -0.117. The topological polar surface area (TPSA) is 122 Å². The van der Waals surface area contributed by atoms with Crippen molar-refractivity contribution in [2.75, 3.05) is 19.7 Å². The molecule has 0 aliphatic heterocycles. The van der Waals surface area contributed by atoms with Crippen LogP contribution in [0.5, 0.6) is 5.75 Å². The van der Waals surface area contributed by atoms with Gasteiger partial charge >= 0.3 is 5.92 Å². The minimum atomic E-state index is -3.62. The van der Waals surface area contributed by atoms with Gasteiger partial charge in [-0.1, -0.05) is 6.58 Å². The fourth-order valence-electron chi connectivity index (χ4n) is 3.22. The lowest BCUT2D eigenvalue weighted by Gasteiger charge is -2.15. The summed E-state index contributed by atoms with van der Waals surface area (Å²) in [6.45, 7) is 5.48. The van der Waals surface area contributed by atoms with Crippen LogP contribution in [-0.4, -0.2) is 48.6 Å². The molecule has 0 bridgehead atoms. The second kappa shape index (κ2) is 11.8. The summed E-state index contributed by atoms with van der Waals surface area (Å²) in [5.41, 5.74) is 5.87. The van der Waals surface area contributed by atoms with Crippen molar-refractivity contribution in [1.82, 2.24) is 15.6 Å². The maximum absolute atomic E-state index is 14.2. The van der Waals surface area contributed by atoms with Crippen molar-refractivity contribution in [1.29, 1.82) is 0 Å². The van der Waals surface area contributed by atoms with Crippen molar-refractivity contribution in [3.8, 4) is 5.75 Å². The van der Waals surface area contributed by atoms with Crippen LogP contribution in [0.4, 0.5) is 14.5 Å². The number of halogens is 2. The minimum Gasteiger partial charge on any atom is -0.494 e. The Kier molecular flexibility index (Phi) is 8.56. The van der Waals surface area contributed by atoms with Crippen LogP contribution in [0.1, 0.15) is 17.3 Å². The first-order valence-electron chi connectivity index (χ1n) is 11.2. The summed E-state index contributed by atoms with van der Waals surface area (Å²) in [6, 6.07) is 13.6. The number of benzene rings is 2. The first-order chi connectivity index (χ1) is 17.2. The van der Waals surface area contributed by atoms with E-state index in [2.05, 4.69) is 27.2 Å². The Morgan fingerprint density at radius 1 is 1.14 bits per heavy atom. The molecule has 3 aromatic rings. The molecule has 1 heterocycles. The number of carbonyl (C=O) groups is 2. The number of fused-ring (bicyclic) bond motifs is 1. The molecule has 0 radical (unpaired) electrons. The van der Waals surface area contributed by atoms with E-state index < -0.39 is 23.1 Å². The van der Waals surface area contributed by atoms with E-state index in [1.54, 1.807) is 48.7 Å². The van der Waals surface area contributed by atoms with Crippen LogP contribution >= 0.6 is 0 Å². The third-order valence-electron chi connectivity index (χ3n) is 5.15.